The van der Waals surface area contributed by atoms with Crippen LogP contribution in [-0.2, 0) is 25.7 Å². The van der Waals surface area contributed by atoms with Crippen LogP contribution in [-0.4, -0.2) is 122 Å². The van der Waals surface area contributed by atoms with Gasteiger partial charge in [-0.15, -0.1) is 0 Å². The molecule has 0 saturated carbocycles. The van der Waals surface area contributed by atoms with Crippen LogP contribution in [0.25, 0.3) is 0 Å². The van der Waals surface area contributed by atoms with Crippen LogP contribution in [0.5, 0.6) is 0 Å². The van der Waals surface area contributed by atoms with Gasteiger partial charge in [-0.25, -0.2) is 4.79 Å². The highest BCUT2D eigenvalue weighted by molar-refractivity contribution is 5.82. The van der Waals surface area contributed by atoms with E-state index >= 15 is 0 Å². The first-order valence-electron chi connectivity index (χ1n) is 14.9. The Morgan fingerprint density at radius 1 is 0.915 bits per heavy atom. The second kappa shape index (κ2) is 17.6. The molecule has 2 heterocycles. The van der Waals surface area contributed by atoms with Gasteiger partial charge in [0.2, 0.25) is 5.91 Å². The summed E-state index contributed by atoms with van der Waals surface area (Å²) in [7, 11) is 0. The Kier molecular flexibility index (Phi) is 14.9. The third kappa shape index (κ3) is 11.6. The van der Waals surface area contributed by atoms with Crippen molar-refractivity contribution in [3.05, 3.63) is 32.6 Å². The van der Waals surface area contributed by atoms with E-state index in [0.29, 0.717) is 22.6 Å². The molecule has 0 spiro atoms. The SMILES string of the molecule is CCCCN(CCCCN(CCCNC(=O)CCn1cc([C@@H]2O[C@H](CO)[C@H](O)C2O)c(=O)[nH]c1=O)C(=O)C(F)(F)F)C(=O)C(F)(F)F. The molecule has 0 radical (unpaired) electrons. The Labute approximate surface area is 264 Å². The number of alkyl halides is 6. The first kappa shape index (κ1) is 39.7. The van der Waals surface area contributed by atoms with Crippen molar-refractivity contribution in [2.24, 2.45) is 0 Å². The third-order valence-corrected chi connectivity index (χ3v) is 7.34. The summed E-state index contributed by atoms with van der Waals surface area (Å²) >= 11 is 0. The molecule has 1 aliphatic rings. The summed E-state index contributed by atoms with van der Waals surface area (Å²) in [4.78, 5) is 63.4. The summed E-state index contributed by atoms with van der Waals surface area (Å²) < 4.78 is 84.3. The molecule has 47 heavy (non-hydrogen) atoms. The van der Waals surface area contributed by atoms with Gasteiger partial charge >= 0.3 is 29.9 Å². The first-order valence-corrected chi connectivity index (χ1v) is 14.9. The third-order valence-electron chi connectivity index (χ3n) is 7.34. The van der Waals surface area contributed by atoms with E-state index in [1.54, 1.807) is 6.92 Å². The highest BCUT2D eigenvalue weighted by Gasteiger charge is 2.45. The second-order valence-corrected chi connectivity index (χ2v) is 10.9. The van der Waals surface area contributed by atoms with Gasteiger partial charge in [-0.2, -0.15) is 26.3 Å². The van der Waals surface area contributed by atoms with Crippen LogP contribution in [0.4, 0.5) is 26.3 Å². The fraction of sp³-hybridized carbons (Fsp3) is 0.741. The normalized spacial score (nSPS) is 19.9. The zero-order valence-electron chi connectivity index (χ0n) is 25.5. The van der Waals surface area contributed by atoms with E-state index < -0.39 is 85.4 Å². The number of hydrogen-bond donors (Lipinski definition) is 5. The Balaban J connectivity index is 1.90. The minimum Gasteiger partial charge on any atom is -0.394 e. The van der Waals surface area contributed by atoms with Crippen molar-refractivity contribution in [1.82, 2.24) is 24.7 Å². The largest absolute Gasteiger partial charge is 0.471 e. The van der Waals surface area contributed by atoms with Gasteiger partial charge in [-0.05, 0) is 25.7 Å². The molecule has 4 atom stereocenters. The fourth-order valence-corrected chi connectivity index (χ4v) is 4.80. The zero-order chi connectivity index (χ0) is 35.5. The van der Waals surface area contributed by atoms with E-state index in [2.05, 4.69) is 5.32 Å². The highest BCUT2D eigenvalue weighted by atomic mass is 19.4. The highest BCUT2D eigenvalue weighted by Crippen LogP contribution is 2.31. The fourth-order valence-electron chi connectivity index (χ4n) is 4.80. The number of halogens is 6. The van der Waals surface area contributed by atoms with Gasteiger partial charge in [0.15, 0.2) is 0 Å². The van der Waals surface area contributed by atoms with Gasteiger partial charge in [0.1, 0.15) is 24.4 Å². The van der Waals surface area contributed by atoms with Gasteiger partial charge < -0.3 is 35.2 Å². The molecular weight excluding hydrogens is 652 g/mol. The molecule has 1 aliphatic heterocycles. The van der Waals surface area contributed by atoms with Gasteiger partial charge in [-0.1, -0.05) is 13.3 Å². The number of nitrogens with one attached hydrogen (secondary N) is 2. The first-order chi connectivity index (χ1) is 21.9. The summed E-state index contributed by atoms with van der Waals surface area (Å²) in [6.07, 6.45) is -14.8. The molecule has 268 valence electrons. The number of H-pyrrole nitrogens is 1. The monoisotopic (exact) mass is 691 g/mol. The number of aliphatic hydroxyl groups excluding tert-OH is 3. The van der Waals surface area contributed by atoms with Gasteiger partial charge in [0, 0.05) is 51.9 Å². The van der Waals surface area contributed by atoms with E-state index in [0.717, 1.165) is 10.8 Å². The van der Waals surface area contributed by atoms with Crippen molar-refractivity contribution in [3.63, 3.8) is 0 Å². The molecule has 0 aliphatic carbocycles. The van der Waals surface area contributed by atoms with Crippen molar-refractivity contribution >= 4 is 17.7 Å². The number of ether oxygens (including phenoxy) is 1. The van der Waals surface area contributed by atoms with Crippen LogP contribution in [0, 0.1) is 0 Å². The molecule has 20 heteroatoms. The number of rotatable bonds is 17. The Bertz CT molecular complexity index is 1320. The maximum Gasteiger partial charge on any atom is 0.471 e. The summed E-state index contributed by atoms with van der Waals surface area (Å²) in [6.45, 7) is -0.849. The molecule has 3 amide bonds. The number of carbonyl (C=O) groups is 3. The average Bonchev–Trinajstić information content (AvgIpc) is 3.28. The zero-order valence-corrected chi connectivity index (χ0v) is 25.5. The molecule has 1 fully saturated rings. The number of unbranched alkanes of at least 4 members (excludes halogenated alkanes) is 2. The van der Waals surface area contributed by atoms with Crippen LogP contribution in [0.1, 0.15) is 57.1 Å². The number of aliphatic hydroxyl groups is 3. The van der Waals surface area contributed by atoms with E-state index in [1.165, 1.54) is 0 Å². The molecule has 1 aromatic rings. The van der Waals surface area contributed by atoms with Crippen molar-refractivity contribution in [2.45, 2.75) is 88.8 Å². The van der Waals surface area contributed by atoms with Gasteiger partial charge in [0.25, 0.3) is 5.56 Å². The van der Waals surface area contributed by atoms with E-state index in [1.807, 2.05) is 4.98 Å². The number of carbonyl (C=O) groups excluding carboxylic acids is 3. The topological polar surface area (TPSA) is 194 Å². The minimum atomic E-state index is -5.22. The summed E-state index contributed by atoms with van der Waals surface area (Å²) in [6, 6.07) is 0. The number of aromatic amines is 1. The van der Waals surface area contributed by atoms with Gasteiger partial charge in [0.05, 0.1) is 12.2 Å². The number of nitrogens with zero attached hydrogens (tertiary/aromatic N) is 3. The Morgan fingerprint density at radius 3 is 1.94 bits per heavy atom. The number of aromatic nitrogens is 2. The lowest BCUT2D eigenvalue weighted by Gasteiger charge is -2.26. The van der Waals surface area contributed by atoms with Crippen LogP contribution in [0.3, 0.4) is 0 Å². The van der Waals surface area contributed by atoms with E-state index in [-0.39, 0.29) is 57.4 Å². The number of hydrogen-bond acceptors (Lipinski definition) is 9. The van der Waals surface area contributed by atoms with Crippen molar-refractivity contribution in [3.8, 4) is 0 Å². The maximum absolute atomic E-state index is 13.1. The number of amides is 3. The van der Waals surface area contributed by atoms with Crippen LogP contribution in [0.15, 0.2) is 15.8 Å². The van der Waals surface area contributed by atoms with Crippen molar-refractivity contribution < 1.29 is 60.8 Å². The van der Waals surface area contributed by atoms with E-state index in [9.17, 15) is 65.6 Å². The molecule has 0 bridgehead atoms. The summed E-state index contributed by atoms with van der Waals surface area (Å²) in [5.74, 6) is -4.86. The van der Waals surface area contributed by atoms with Gasteiger partial charge in [-0.3, -0.25) is 28.7 Å². The lowest BCUT2D eigenvalue weighted by Crippen LogP contribution is -2.44. The molecular formula is C27H39F6N5O9. The quantitative estimate of drug-likeness (QED) is 0.110. The standard InChI is InChI=1S/C27H39F6N5O9/c1-2-3-9-36(23(44)26(28,29)30)10-4-5-11-37(24(45)27(31,32)33)12-6-8-34-18(40)7-13-38-14-16(22(43)35-25(38)46)21-20(42)19(41)17(15-39)47-21/h14,17,19-21,39,41-42H,2-13,15H2,1H3,(H,34,40)(H,35,43,46)/t17-,19+,20?,21+/m1/s1. The summed E-state index contributed by atoms with van der Waals surface area (Å²) in [5.41, 5.74) is -2.08. The van der Waals surface area contributed by atoms with Crippen LogP contribution >= 0.6 is 0 Å². The lowest BCUT2D eigenvalue weighted by molar-refractivity contribution is -0.186. The maximum atomic E-state index is 13.1. The van der Waals surface area contributed by atoms with Crippen molar-refractivity contribution in [1.29, 1.82) is 0 Å². The Morgan fingerprint density at radius 2 is 1.45 bits per heavy atom. The molecule has 1 saturated heterocycles. The van der Waals surface area contributed by atoms with Crippen LogP contribution in [0.2, 0.25) is 0 Å². The summed E-state index contributed by atoms with van der Waals surface area (Å²) in [5, 5.41) is 31.8. The lowest BCUT2D eigenvalue weighted by atomic mass is 10.0. The van der Waals surface area contributed by atoms with Crippen LogP contribution < -0.4 is 16.6 Å². The molecule has 0 aromatic carbocycles. The molecule has 1 aromatic heterocycles. The molecule has 2 rings (SSSR count). The molecule has 5 N–H and O–H groups in total. The Hall–Kier alpha value is -3.49. The predicted molar refractivity (Wildman–Crippen MR) is 150 cm³/mol. The van der Waals surface area contributed by atoms with Crippen molar-refractivity contribution in [2.75, 3.05) is 39.3 Å². The second-order valence-electron chi connectivity index (χ2n) is 10.9. The number of aryl methyl sites for hydroxylation is 1. The smallest absolute Gasteiger partial charge is 0.394 e. The molecule has 14 nitrogen and oxygen atoms in total. The van der Waals surface area contributed by atoms with E-state index in [4.69, 9.17) is 4.74 Å². The average molecular weight is 692 g/mol. The molecule has 1 unspecified atom stereocenters. The predicted octanol–water partition coefficient (Wildman–Crippen LogP) is -0.0509. The minimum absolute atomic E-state index is 0.0931.